The quantitative estimate of drug-likeness (QED) is 0.802. The molecule has 1 saturated carbocycles. The molecule has 1 heterocycles. The van der Waals surface area contributed by atoms with Crippen LogP contribution in [0.3, 0.4) is 0 Å². The first kappa shape index (κ1) is 12.4. The minimum Gasteiger partial charge on any atom is -0.493 e. The standard InChI is InChI=1S/C15H20O2S/c1-11-7-15(17-9-11)18-14-4-2-3-13(8-14)16-10-12-5-6-12/h2-4,8,11-12,15H,5-7,9-10H2,1H3/t11-,15?/m1/s1. The van der Waals surface area contributed by atoms with Crippen LogP contribution >= 0.6 is 11.8 Å². The summed E-state index contributed by atoms with van der Waals surface area (Å²) in [6.07, 6.45) is 3.82. The van der Waals surface area contributed by atoms with Gasteiger partial charge in [-0.05, 0) is 49.3 Å². The van der Waals surface area contributed by atoms with Crippen LogP contribution < -0.4 is 4.74 Å². The third-order valence-electron chi connectivity index (χ3n) is 3.42. The van der Waals surface area contributed by atoms with Crippen molar-refractivity contribution in [3.8, 4) is 5.75 Å². The van der Waals surface area contributed by atoms with Gasteiger partial charge in [0.15, 0.2) is 0 Å². The number of benzene rings is 1. The topological polar surface area (TPSA) is 18.5 Å². The van der Waals surface area contributed by atoms with Crippen LogP contribution in [0.15, 0.2) is 29.2 Å². The zero-order valence-electron chi connectivity index (χ0n) is 10.8. The van der Waals surface area contributed by atoms with Crippen molar-refractivity contribution in [3.05, 3.63) is 24.3 Å². The molecule has 1 unspecified atom stereocenters. The third kappa shape index (κ3) is 3.42. The molecule has 0 bridgehead atoms. The Hall–Kier alpha value is -0.670. The Morgan fingerprint density at radius 1 is 1.39 bits per heavy atom. The summed E-state index contributed by atoms with van der Waals surface area (Å²) in [5.74, 6) is 2.50. The molecule has 0 amide bonds. The molecule has 2 fully saturated rings. The molecule has 3 rings (SSSR count). The maximum atomic E-state index is 5.80. The monoisotopic (exact) mass is 264 g/mol. The van der Waals surface area contributed by atoms with Crippen molar-refractivity contribution >= 4 is 11.8 Å². The Morgan fingerprint density at radius 3 is 3.00 bits per heavy atom. The van der Waals surface area contributed by atoms with Crippen LogP contribution in [0.2, 0.25) is 0 Å². The normalized spacial score (nSPS) is 27.4. The average Bonchev–Trinajstić information content (AvgIpc) is 3.11. The largest absolute Gasteiger partial charge is 0.493 e. The predicted octanol–water partition coefficient (Wildman–Crippen LogP) is 3.95. The van der Waals surface area contributed by atoms with Gasteiger partial charge in [0.2, 0.25) is 0 Å². The van der Waals surface area contributed by atoms with E-state index >= 15 is 0 Å². The van der Waals surface area contributed by atoms with Crippen LogP contribution in [-0.4, -0.2) is 18.6 Å². The fraction of sp³-hybridized carbons (Fsp3) is 0.600. The smallest absolute Gasteiger partial charge is 0.120 e. The van der Waals surface area contributed by atoms with E-state index in [0.717, 1.165) is 31.3 Å². The third-order valence-corrected chi connectivity index (χ3v) is 4.53. The van der Waals surface area contributed by atoms with Crippen molar-refractivity contribution in [2.24, 2.45) is 11.8 Å². The summed E-state index contributed by atoms with van der Waals surface area (Å²) >= 11 is 1.82. The van der Waals surface area contributed by atoms with E-state index in [4.69, 9.17) is 9.47 Å². The van der Waals surface area contributed by atoms with Gasteiger partial charge in [0, 0.05) is 4.90 Å². The molecular weight excluding hydrogens is 244 g/mol. The highest BCUT2D eigenvalue weighted by atomic mass is 32.2. The van der Waals surface area contributed by atoms with Crippen LogP contribution in [0.1, 0.15) is 26.2 Å². The number of hydrogen-bond acceptors (Lipinski definition) is 3. The summed E-state index contributed by atoms with van der Waals surface area (Å²) in [6.45, 7) is 4.02. The van der Waals surface area contributed by atoms with Gasteiger partial charge in [-0.15, -0.1) is 0 Å². The minimum atomic E-state index is 0.318. The van der Waals surface area contributed by atoms with E-state index in [1.165, 1.54) is 17.7 Å². The predicted molar refractivity (Wildman–Crippen MR) is 74.0 cm³/mol. The van der Waals surface area contributed by atoms with Crippen LogP contribution in [0.4, 0.5) is 0 Å². The lowest BCUT2D eigenvalue weighted by Crippen LogP contribution is -2.00. The Labute approximate surface area is 113 Å². The first-order chi connectivity index (χ1) is 8.79. The first-order valence-electron chi connectivity index (χ1n) is 6.81. The first-order valence-corrected chi connectivity index (χ1v) is 7.68. The fourth-order valence-electron chi connectivity index (χ4n) is 2.11. The van der Waals surface area contributed by atoms with Crippen molar-refractivity contribution in [3.63, 3.8) is 0 Å². The van der Waals surface area contributed by atoms with Gasteiger partial charge in [-0.1, -0.05) is 24.8 Å². The second-order valence-corrected chi connectivity index (χ2v) is 6.68. The van der Waals surface area contributed by atoms with Gasteiger partial charge in [-0.3, -0.25) is 0 Å². The molecule has 1 aliphatic heterocycles. The second kappa shape index (κ2) is 5.54. The number of rotatable bonds is 5. The molecule has 2 nitrogen and oxygen atoms in total. The molecule has 0 aromatic heterocycles. The Morgan fingerprint density at radius 2 is 2.28 bits per heavy atom. The van der Waals surface area contributed by atoms with Crippen LogP contribution in [0.25, 0.3) is 0 Å². The van der Waals surface area contributed by atoms with Crippen molar-refractivity contribution in [1.29, 1.82) is 0 Å². The van der Waals surface area contributed by atoms with E-state index in [2.05, 4.69) is 25.1 Å². The summed E-state index contributed by atoms with van der Waals surface area (Å²) < 4.78 is 11.5. The number of ether oxygens (including phenoxy) is 2. The zero-order valence-corrected chi connectivity index (χ0v) is 11.6. The fourth-order valence-corrected chi connectivity index (χ4v) is 3.32. The SMILES string of the molecule is C[C@H]1COC(Sc2cccc(OCC3CC3)c2)C1. The van der Waals surface area contributed by atoms with Crippen molar-refractivity contribution in [2.45, 2.75) is 36.5 Å². The van der Waals surface area contributed by atoms with E-state index in [9.17, 15) is 0 Å². The van der Waals surface area contributed by atoms with Crippen molar-refractivity contribution in [1.82, 2.24) is 0 Å². The van der Waals surface area contributed by atoms with E-state index in [-0.39, 0.29) is 0 Å². The molecule has 1 aromatic carbocycles. The van der Waals surface area contributed by atoms with Gasteiger partial charge < -0.3 is 9.47 Å². The van der Waals surface area contributed by atoms with Crippen molar-refractivity contribution in [2.75, 3.05) is 13.2 Å². The van der Waals surface area contributed by atoms with Gasteiger partial charge in [-0.2, -0.15) is 0 Å². The maximum absolute atomic E-state index is 5.80. The molecule has 98 valence electrons. The molecule has 0 N–H and O–H groups in total. The summed E-state index contributed by atoms with van der Waals surface area (Å²) in [6, 6.07) is 8.40. The minimum absolute atomic E-state index is 0.318. The molecule has 2 aliphatic rings. The van der Waals surface area contributed by atoms with E-state index in [1.807, 2.05) is 17.8 Å². The summed E-state index contributed by atoms with van der Waals surface area (Å²) in [7, 11) is 0. The van der Waals surface area contributed by atoms with Gasteiger partial charge in [0.25, 0.3) is 0 Å². The highest BCUT2D eigenvalue weighted by Gasteiger charge is 2.23. The molecule has 3 heteroatoms. The average molecular weight is 264 g/mol. The van der Waals surface area contributed by atoms with Gasteiger partial charge >= 0.3 is 0 Å². The lowest BCUT2D eigenvalue weighted by atomic mass is 10.2. The maximum Gasteiger partial charge on any atom is 0.120 e. The van der Waals surface area contributed by atoms with Crippen LogP contribution in [-0.2, 0) is 4.74 Å². The summed E-state index contributed by atoms with van der Waals surface area (Å²) in [5, 5.41) is 0. The molecule has 2 atom stereocenters. The molecule has 0 radical (unpaired) electrons. The molecule has 18 heavy (non-hydrogen) atoms. The molecule has 0 spiro atoms. The highest BCUT2D eigenvalue weighted by molar-refractivity contribution is 7.99. The van der Waals surface area contributed by atoms with Gasteiger partial charge in [-0.25, -0.2) is 0 Å². The Bertz CT molecular complexity index is 403. The number of hydrogen-bond donors (Lipinski definition) is 0. The van der Waals surface area contributed by atoms with E-state index < -0.39 is 0 Å². The van der Waals surface area contributed by atoms with Crippen molar-refractivity contribution < 1.29 is 9.47 Å². The number of thioether (sulfide) groups is 1. The lowest BCUT2D eigenvalue weighted by molar-refractivity contribution is 0.166. The van der Waals surface area contributed by atoms with E-state index in [0.29, 0.717) is 11.4 Å². The molecule has 1 aliphatic carbocycles. The Balaban J connectivity index is 1.55. The van der Waals surface area contributed by atoms with Crippen LogP contribution in [0.5, 0.6) is 5.75 Å². The van der Waals surface area contributed by atoms with Crippen LogP contribution in [0, 0.1) is 11.8 Å². The molecular formula is C15H20O2S. The molecule has 1 aromatic rings. The summed E-state index contributed by atoms with van der Waals surface area (Å²) in [4.78, 5) is 1.25. The van der Waals surface area contributed by atoms with Gasteiger partial charge in [0.05, 0.1) is 13.2 Å². The Kier molecular flexibility index (Phi) is 3.80. The zero-order chi connectivity index (χ0) is 12.4. The van der Waals surface area contributed by atoms with E-state index in [1.54, 1.807) is 0 Å². The highest BCUT2D eigenvalue weighted by Crippen LogP contribution is 2.35. The van der Waals surface area contributed by atoms with Gasteiger partial charge in [0.1, 0.15) is 11.2 Å². The molecule has 1 saturated heterocycles. The second-order valence-electron chi connectivity index (χ2n) is 5.45. The summed E-state index contributed by atoms with van der Waals surface area (Å²) in [5.41, 5.74) is 0.318. The lowest BCUT2D eigenvalue weighted by Gasteiger charge is -2.10.